The van der Waals surface area contributed by atoms with Gasteiger partial charge in [0.1, 0.15) is 29.4 Å². The molecule has 2 saturated heterocycles. The number of hydrogen-bond donors (Lipinski definition) is 1. The summed E-state index contributed by atoms with van der Waals surface area (Å²) >= 11 is 0. The van der Waals surface area contributed by atoms with Crippen molar-refractivity contribution in [1.29, 1.82) is 0 Å². The molecule has 5 rings (SSSR count). The molecular weight excluding hydrogens is 424 g/mol. The largest absolute Gasteiger partial charge is 0.507 e. The Kier molecular flexibility index (Phi) is 5.95. The highest BCUT2D eigenvalue weighted by Crippen LogP contribution is 2.40. The molecule has 0 radical (unpaired) electrons. The number of carbonyl (C=O) groups is 2. The number of Topliss-reactive ketones (excluding diaryl/α,β-unsaturated/α-hetero) is 1. The second kappa shape index (κ2) is 9.03. The second-order valence-electron chi connectivity index (χ2n) is 8.77. The average Bonchev–Trinajstić information content (AvgIpc) is 3.53. The van der Waals surface area contributed by atoms with Crippen molar-refractivity contribution in [3.8, 4) is 5.75 Å². The number of likely N-dealkylation sites (tertiary alicyclic amines) is 1. The Morgan fingerprint density at radius 2 is 1.97 bits per heavy atom. The SMILES string of the molecule is CC1Cc2cc(/C(O)=C3\C(=O)C(=O)N(CCCN4CCOCC4)C3c3ccco3)ccc2O1. The summed E-state index contributed by atoms with van der Waals surface area (Å²) in [7, 11) is 0. The van der Waals surface area contributed by atoms with Crippen LogP contribution in [-0.2, 0) is 20.7 Å². The fourth-order valence-corrected chi connectivity index (χ4v) is 4.87. The van der Waals surface area contributed by atoms with Crippen LogP contribution >= 0.6 is 0 Å². The van der Waals surface area contributed by atoms with Gasteiger partial charge in [0.15, 0.2) is 0 Å². The van der Waals surface area contributed by atoms with Gasteiger partial charge in [0.05, 0.1) is 25.1 Å². The summed E-state index contributed by atoms with van der Waals surface area (Å²) < 4.78 is 16.7. The summed E-state index contributed by atoms with van der Waals surface area (Å²) in [5, 5.41) is 11.2. The zero-order valence-electron chi connectivity index (χ0n) is 18.7. The van der Waals surface area contributed by atoms with Crippen LogP contribution in [0.2, 0.25) is 0 Å². The first-order valence-corrected chi connectivity index (χ1v) is 11.4. The molecule has 2 atom stereocenters. The van der Waals surface area contributed by atoms with Crippen LogP contribution < -0.4 is 4.74 Å². The van der Waals surface area contributed by atoms with Crippen LogP contribution in [0.3, 0.4) is 0 Å². The van der Waals surface area contributed by atoms with Crippen molar-refractivity contribution in [2.45, 2.75) is 31.9 Å². The number of morpholine rings is 1. The summed E-state index contributed by atoms with van der Waals surface area (Å²) in [5.41, 5.74) is 1.53. The van der Waals surface area contributed by atoms with E-state index in [9.17, 15) is 14.7 Å². The molecule has 2 aromatic rings. The zero-order chi connectivity index (χ0) is 22.9. The quantitative estimate of drug-likeness (QED) is 0.409. The smallest absolute Gasteiger partial charge is 0.295 e. The number of benzene rings is 1. The lowest BCUT2D eigenvalue weighted by Crippen LogP contribution is -2.38. The Hall–Kier alpha value is -3.10. The fraction of sp³-hybridized carbons (Fsp3) is 0.440. The molecular formula is C25H28N2O6. The summed E-state index contributed by atoms with van der Waals surface area (Å²) in [6.07, 6.45) is 3.02. The molecule has 3 aliphatic heterocycles. The number of aliphatic hydroxyl groups excluding tert-OH is 1. The number of furan rings is 1. The Labute approximate surface area is 192 Å². The van der Waals surface area contributed by atoms with Crippen molar-refractivity contribution in [3.05, 3.63) is 59.1 Å². The summed E-state index contributed by atoms with van der Waals surface area (Å²) in [6, 6.07) is 8.05. The molecule has 1 aromatic heterocycles. The molecule has 4 heterocycles. The van der Waals surface area contributed by atoms with Crippen molar-refractivity contribution in [2.24, 2.45) is 0 Å². The molecule has 1 N–H and O–H groups in total. The fourth-order valence-electron chi connectivity index (χ4n) is 4.87. The maximum Gasteiger partial charge on any atom is 0.295 e. The van der Waals surface area contributed by atoms with Gasteiger partial charge in [-0.3, -0.25) is 14.5 Å². The molecule has 0 aliphatic carbocycles. The van der Waals surface area contributed by atoms with E-state index in [1.54, 1.807) is 24.3 Å². The predicted octanol–water partition coefficient (Wildman–Crippen LogP) is 2.75. The minimum atomic E-state index is -0.756. The van der Waals surface area contributed by atoms with Crippen LogP contribution in [0.1, 0.15) is 36.3 Å². The van der Waals surface area contributed by atoms with Crippen LogP contribution in [-0.4, -0.2) is 72.1 Å². The third-order valence-corrected chi connectivity index (χ3v) is 6.50. The topological polar surface area (TPSA) is 92.5 Å². The van der Waals surface area contributed by atoms with Gasteiger partial charge < -0.3 is 23.9 Å². The molecule has 8 heteroatoms. The van der Waals surface area contributed by atoms with E-state index in [2.05, 4.69) is 4.90 Å². The normalized spacial score (nSPS) is 24.8. The number of ether oxygens (including phenoxy) is 2. The number of aliphatic hydroxyl groups is 1. The van der Waals surface area contributed by atoms with Crippen LogP contribution in [0, 0.1) is 0 Å². The van der Waals surface area contributed by atoms with E-state index in [-0.39, 0.29) is 17.4 Å². The van der Waals surface area contributed by atoms with Crippen molar-refractivity contribution >= 4 is 17.4 Å². The van der Waals surface area contributed by atoms with Gasteiger partial charge in [-0.25, -0.2) is 0 Å². The van der Waals surface area contributed by atoms with E-state index in [0.29, 0.717) is 37.5 Å². The van der Waals surface area contributed by atoms with Gasteiger partial charge in [-0.1, -0.05) is 0 Å². The van der Waals surface area contributed by atoms with Crippen molar-refractivity contribution in [3.63, 3.8) is 0 Å². The van der Waals surface area contributed by atoms with Crippen LogP contribution in [0.25, 0.3) is 5.76 Å². The van der Waals surface area contributed by atoms with E-state index in [1.807, 2.05) is 13.0 Å². The first-order chi connectivity index (χ1) is 16.0. The van der Waals surface area contributed by atoms with Gasteiger partial charge in [0.25, 0.3) is 11.7 Å². The first-order valence-electron chi connectivity index (χ1n) is 11.4. The summed E-state index contributed by atoms with van der Waals surface area (Å²) in [4.78, 5) is 29.9. The Bertz CT molecular complexity index is 1070. The minimum absolute atomic E-state index is 0.0632. The lowest BCUT2D eigenvalue weighted by molar-refractivity contribution is -0.140. The third-order valence-electron chi connectivity index (χ3n) is 6.50. The molecule has 1 amide bonds. The van der Waals surface area contributed by atoms with E-state index in [1.165, 1.54) is 11.2 Å². The number of carbonyl (C=O) groups excluding carboxylic acids is 2. The van der Waals surface area contributed by atoms with Crippen LogP contribution in [0.4, 0.5) is 0 Å². The molecule has 0 saturated carbocycles. The number of fused-ring (bicyclic) bond motifs is 1. The van der Waals surface area contributed by atoms with Gasteiger partial charge in [0, 0.05) is 38.2 Å². The van der Waals surface area contributed by atoms with Crippen molar-refractivity contribution < 1.29 is 28.6 Å². The Balaban J connectivity index is 1.44. The molecule has 0 spiro atoms. The minimum Gasteiger partial charge on any atom is -0.507 e. The highest BCUT2D eigenvalue weighted by atomic mass is 16.5. The molecule has 8 nitrogen and oxygen atoms in total. The molecule has 33 heavy (non-hydrogen) atoms. The molecule has 0 bridgehead atoms. The Morgan fingerprint density at radius 1 is 1.15 bits per heavy atom. The van der Waals surface area contributed by atoms with E-state index < -0.39 is 17.7 Å². The monoisotopic (exact) mass is 452 g/mol. The van der Waals surface area contributed by atoms with Crippen molar-refractivity contribution in [1.82, 2.24) is 9.80 Å². The maximum absolute atomic E-state index is 13.1. The Morgan fingerprint density at radius 3 is 2.73 bits per heavy atom. The summed E-state index contributed by atoms with van der Waals surface area (Å²) in [6.45, 7) is 6.32. The van der Waals surface area contributed by atoms with Gasteiger partial charge >= 0.3 is 0 Å². The molecule has 174 valence electrons. The lowest BCUT2D eigenvalue weighted by atomic mass is 9.97. The van der Waals surface area contributed by atoms with Crippen LogP contribution in [0.5, 0.6) is 5.75 Å². The van der Waals surface area contributed by atoms with Crippen molar-refractivity contribution in [2.75, 3.05) is 39.4 Å². The lowest BCUT2D eigenvalue weighted by Gasteiger charge is -2.28. The van der Waals surface area contributed by atoms with E-state index in [0.717, 1.165) is 37.4 Å². The van der Waals surface area contributed by atoms with E-state index >= 15 is 0 Å². The number of ketones is 1. The maximum atomic E-state index is 13.1. The molecule has 2 unspecified atom stereocenters. The summed E-state index contributed by atoms with van der Waals surface area (Å²) in [5.74, 6) is -0.248. The highest BCUT2D eigenvalue weighted by molar-refractivity contribution is 6.46. The number of amides is 1. The van der Waals surface area contributed by atoms with Gasteiger partial charge in [-0.15, -0.1) is 0 Å². The number of nitrogens with zero attached hydrogens (tertiary/aromatic N) is 2. The average molecular weight is 453 g/mol. The van der Waals surface area contributed by atoms with Crippen LogP contribution in [0.15, 0.2) is 46.6 Å². The first kappa shape index (κ1) is 21.7. The second-order valence-corrected chi connectivity index (χ2v) is 8.77. The molecule has 1 aromatic carbocycles. The van der Waals surface area contributed by atoms with Gasteiger partial charge in [-0.2, -0.15) is 0 Å². The van der Waals surface area contributed by atoms with Gasteiger partial charge in [0.2, 0.25) is 0 Å². The zero-order valence-corrected chi connectivity index (χ0v) is 18.7. The van der Waals surface area contributed by atoms with E-state index in [4.69, 9.17) is 13.9 Å². The predicted molar refractivity (Wildman–Crippen MR) is 120 cm³/mol. The number of rotatable bonds is 6. The molecule has 2 fully saturated rings. The highest BCUT2D eigenvalue weighted by Gasteiger charge is 2.47. The van der Waals surface area contributed by atoms with Gasteiger partial charge in [-0.05, 0) is 49.2 Å². The number of hydrogen-bond acceptors (Lipinski definition) is 7. The molecule has 3 aliphatic rings. The standard InChI is InChI=1S/C25H28N2O6/c1-16-14-18-15-17(5-6-19(18)33-16)23(28)21-22(20-4-2-11-32-20)27(25(30)24(21)29)8-3-7-26-9-12-31-13-10-26/h2,4-6,11,15-16,22,28H,3,7-10,12-14H2,1H3/b23-21+. The third kappa shape index (κ3) is 4.16.